The number of aryl methyl sites for hydroxylation is 1. The average molecular weight is 545 g/mol. The van der Waals surface area contributed by atoms with E-state index in [2.05, 4.69) is 30.6 Å². The molecule has 0 unspecified atom stereocenters. The number of sulfonamides is 1. The average Bonchev–Trinajstić information content (AvgIpc) is 3.43. The molecule has 5 rings (SSSR count). The van der Waals surface area contributed by atoms with Crippen LogP contribution >= 0.6 is 15.9 Å². The van der Waals surface area contributed by atoms with E-state index in [0.717, 1.165) is 30.2 Å². The number of fused-ring (bicyclic) bond motifs is 1. The van der Waals surface area contributed by atoms with Gasteiger partial charge < -0.3 is 5.73 Å². The number of hydrogen-bond donors (Lipinski definition) is 2. The van der Waals surface area contributed by atoms with Gasteiger partial charge in [0.1, 0.15) is 23.7 Å². The Hall–Kier alpha value is -3.05. The summed E-state index contributed by atoms with van der Waals surface area (Å²) in [6, 6.07) is 9.24. The second-order valence-corrected chi connectivity index (χ2v) is 11.0. The molecule has 1 aliphatic rings. The number of halogens is 2. The van der Waals surface area contributed by atoms with Crippen LogP contribution in [0.1, 0.15) is 37.3 Å². The van der Waals surface area contributed by atoms with E-state index in [4.69, 9.17) is 10.8 Å². The third-order valence-electron chi connectivity index (χ3n) is 6.10. The van der Waals surface area contributed by atoms with E-state index in [1.165, 1.54) is 24.5 Å². The summed E-state index contributed by atoms with van der Waals surface area (Å²) in [5, 5.41) is 5.30. The van der Waals surface area contributed by atoms with Crippen LogP contribution in [0.5, 0.6) is 0 Å². The van der Waals surface area contributed by atoms with Crippen molar-refractivity contribution in [2.75, 3.05) is 10.5 Å². The molecule has 0 spiro atoms. The molecule has 1 fully saturated rings. The van der Waals surface area contributed by atoms with Crippen LogP contribution in [0.25, 0.3) is 22.3 Å². The predicted molar refractivity (Wildman–Crippen MR) is 132 cm³/mol. The lowest BCUT2D eigenvalue weighted by atomic mass is 10.1. The molecular formula is C23H22BrFN6O2S. The second kappa shape index (κ2) is 8.62. The summed E-state index contributed by atoms with van der Waals surface area (Å²) in [7, 11) is -3.98. The first-order chi connectivity index (χ1) is 16.2. The van der Waals surface area contributed by atoms with Crippen LogP contribution in [0.15, 0.2) is 52.1 Å². The monoisotopic (exact) mass is 544 g/mol. The van der Waals surface area contributed by atoms with Gasteiger partial charge in [0.15, 0.2) is 5.65 Å². The van der Waals surface area contributed by atoms with Crippen molar-refractivity contribution in [3.8, 4) is 11.3 Å². The number of anilines is 2. The van der Waals surface area contributed by atoms with E-state index in [1.54, 1.807) is 25.1 Å². The fourth-order valence-electron chi connectivity index (χ4n) is 4.46. The quantitative estimate of drug-likeness (QED) is 0.356. The molecule has 34 heavy (non-hydrogen) atoms. The Bertz CT molecular complexity index is 1520. The third-order valence-corrected chi connectivity index (χ3v) is 8.12. The number of nitrogens with zero attached hydrogens (tertiary/aromatic N) is 4. The molecule has 2 aromatic heterocycles. The molecule has 1 saturated carbocycles. The number of nitrogens with one attached hydrogen (secondary N) is 1. The summed E-state index contributed by atoms with van der Waals surface area (Å²) >= 11 is 3.32. The maximum Gasteiger partial charge on any atom is 0.262 e. The second-order valence-electron chi connectivity index (χ2n) is 8.40. The third kappa shape index (κ3) is 4.03. The summed E-state index contributed by atoms with van der Waals surface area (Å²) in [4.78, 5) is 8.56. The van der Waals surface area contributed by atoms with Gasteiger partial charge in [-0.3, -0.25) is 4.72 Å². The van der Waals surface area contributed by atoms with Crippen LogP contribution in [0.4, 0.5) is 15.9 Å². The number of nitrogens with two attached hydrogens (primary N) is 1. The number of aromatic nitrogens is 4. The summed E-state index contributed by atoms with van der Waals surface area (Å²) in [5.74, 6) is -0.463. The van der Waals surface area contributed by atoms with Crippen molar-refractivity contribution in [1.29, 1.82) is 0 Å². The van der Waals surface area contributed by atoms with E-state index in [0.29, 0.717) is 27.9 Å². The van der Waals surface area contributed by atoms with Gasteiger partial charge in [-0.1, -0.05) is 34.8 Å². The number of hydrogen-bond acceptors (Lipinski definition) is 6. The summed E-state index contributed by atoms with van der Waals surface area (Å²) in [5.41, 5.74) is 8.08. The van der Waals surface area contributed by atoms with Crippen molar-refractivity contribution in [2.24, 2.45) is 0 Å². The van der Waals surface area contributed by atoms with E-state index in [-0.39, 0.29) is 22.4 Å². The highest BCUT2D eigenvalue weighted by atomic mass is 79.9. The van der Waals surface area contributed by atoms with Crippen molar-refractivity contribution in [1.82, 2.24) is 19.7 Å². The molecule has 0 aliphatic heterocycles. The number of rotatable bonds is 5. The van der Waals surface area contributed by atoms with E-state index in [9.17, 15) is 8.42 Å². The Balaban J connectivity index is 1.53. The molecule has 3 N–H and O–H groups in total. The van der Waals surface area contributed by atoms with Crippen LogP contribution in [0.2, 0.25) is 0 Å². The van der Waals surface area contributed by atoms with Gasteiger partial charge in [0.2, 0.25) is 0 Å². The molecule has 0 atom stereocenters. The Kier molecular flexibility index (Phi) is 5.76. The summed E-state index contributed by atoms with van der Waals surface area (Å²) in [6.45, 7) is 1.68. The number of benzene rings is 2. The molecule has 2 aromatic carbocycles. The van der Waals surface area contributed by atoms with E-state index < -0.39 is 15.8 Å². The Morgan fingerprint density at radius 2 is 1.91 bits per heavy atom. The van der Waals surface area contributed by atoms with Crippen LogP contribution in [-0.2, 0) is 10.0 Å². The molecule has 11 heteroatoms. The van der Waals surface area contributed by atoms with E-state index >= 15 is 4.39 Å². The lowest BCUT2D eigenvalue weighted by Gasteiger charge is -2.12. The van der Waals surface area contributed by atoms with Crippen molar-refractivity contribution in [3.05, 3.63) is 58.6 Å². The molecule has 1 aliphatic carbocycles. The minimum Gasteiger partial charge on any atom is -0.383 e. The van der Waals surface area contributed by atoms with Gasteiger partial charge in [-0.05, 0) is 55.7 Å². The Morgan fingerprint density at radius 1 is 1.15 bits per heavy atom. The van der Waals surface area contributed by atoms with Crippen LogP contribution in [-0.4, -0.2) is 28.2 Å². The molecule has 8 nitrogen and oxygen atoms in total. The summed E-state index contributed by atoms with van der Waals surface area (Å²) in [6.07, 6.45) is 5.61. The van der Waals surface area contributed by atoms with E-state index in [1.807, 2.05) is 4.68 Å². The molecule has 0 saturated heterocycles. The van der Waals surface area contributed by atoms with Crippen molar-refractivity contribution >= 4 is 48.5 Å². The van der Waals surface area contributed by atoms with Crippen molar-refractivity contribution in [2.45, 2.75) is 43.5 Å². The highest BCUT2D eigenvalue weighted by Crippen LogP contribution is 2.37. The van der Waals surface area contributed by atoms with Gasteiger partial charge >= 0.3 is 0 Å². The minimum absolute atomic E-state index is 0.0744. The molecule has 0 amide bonds. The van der Waals surface area contributed by atoms with Gasteiger partial charge in [-0.2, -0.15) is 5.10 Å². The van der Waals surface area contributed by atoms with Gasteiger partial charge in [0.25, 0.3) is 10.0 Å². The van der Waals surface area contributed by atoms with Gasteiger partial charge in [-0.15, -0.1) is 0 Å². The van der Waals surface area contributed by atoms with Crippen LogP contribution in [0, 0.1) is 12.7 Å². The van der Waals surface area contributed by atoms with Crippen molar-refractivity contribution < 1.29 is 12.8 Å². The Morgan fingerprint density at radius 3 is 2.62 bits per heavy atom. The SMILES string of the molecule is Cc1cc(Br)ccc1S(=O)(=O)Nc1ccc(-c2nn(C3CCCC3)c3ncnc(N)c23)cc1F. The fraction of sp³-hybridized carbons (Fsp3) is 0.261. The fourth-order valence-corrected chi connectivity index (χ4v) is 6.23. The minimum atomic E-state index is -3.98. The molecule has 0 bridgehead atoms. The van der Waals surface area contributed by atoms with Crippen LogP contribution in [0.3, 0.4) is 0 Å². The topological polar surface area (TPSA) is 116 Å². The molecule has 0 radical (unpaired) electrons. The molecule has 176 valence electrons. The number of nitrogen functional groups attached to an aromatic ring is 1. The zero-order valence-corrected chi connectivity index (χ0v) is 20.7. The highest BCUT2D eigenvalue weighted by molar-refractivity contribution is 9.10. The largest absolute Gasteiger partial charge is 0.383 e. The Labute approximate surface area is 204 Å². The molecule has 2 heterocycles. The molecular weight excluding hydrogens is 523 g/mol. The first kappa shape index (κ1) is 22.7. The zero-order chi connectivity index (χ0) is 24.0. The maximum absolute atomic E-state index is 15.1. The summed E-state index contributed by atoms with van der Waals surface area (Å²) < 4.78 is 45.8. The predicted octanol–water partition coefficient (Wildman–Crippen LogP) is 5.20. The lowest BCUT2D eigenvalue weighted by molar-refractivity contribution is 0.479. The zero-order valence-electron chi connectivity index (χ0n) is 18.3. The van der Waals surface area contributed by atoms with Gasteiger partial charge in [-0.25, -0.2) is 27.5 Å². The standard InChI is InChI=1S/C23H22BrFN6O2S/c1-13-10-15(24)7-9-19(13)34(32,33)30-18-8-6-14(11-17(18)25)21-20-22(26)27-12-28-23(20)31(29-21)16-4-2-3-5-16/h6-12,16,30H,2-5H2,1H3,(H2,26,27,28). The first-order valence-electron chi connectivity index (χ1n) is 10.8. The first-order valence-corrected chi connectivity index (χ1v) is 13.1. The van der Waals surface area contributed by atoms with Gasteiger partial charge in [0, 0.05) is 10.0 Å². The highest BCUT2D eigenvalue weighted by Gasteiger charge is 2.25. The van der Waals surface area contributed by atoms with Crippen LogP contribution < -0.4 is 10.5 Å². The van der Waals surface area contributed by atoms with Gasteiger partial charge in [0.05, 0.1) is 22.0 Å². The van der Waals surface area contributed by atoms with Crippen molar-refractivity contribution in [3.63, 3.8) is 0 Å². The maximum atomic E-state index is 15.1. The molecule has 4 aromatic rings. The smallest absolute Gasteiger partial charge is 0.262 e. The normalized spacial score (nSPS) is 14.7. The lowest BCUT2D eigenvalue weighted by Crippen LogP contribution is -2.15.